The zero-order chi connectivity index (χ0) is 12.8. The number of aryl methyl sites for hydroxylation is 1. The lowest BCUT2D eigenvalue weighted by Crippen LogP contribution is -2.37. The molecule has 1 amide bonds. The van der Waals surface area contributed by atoms with E-state index in [1.54, 1.807) is 7.05 Å². The van der Waals surface area contributed by atoms with Gasteiger partial charge in [-0.15, -0.1) is 0 Å². The van der Waals surface area contributed by atoms with Crippen molar-refractivity contribution in [1.29, 1.82) is 0 Å². The van der Waals surface area contributed by atoms with Crippen molar-refractivity contribution in [3.63, 3.8) is 0 Å². The largest absolute Gasteiger partial charge is 0.396 e. The van der Waals surface area contributed by atoms with Crippen molar-refractivity contribution < 1.29 is 4.79 Å². The van der Waals surface area contributed by atoms with Gasteiger partial charge in [0, 0.05) is 19.3 Å². The molecule has 0 fully saturated rings. The summed E-state index contributed by atoms with van der Waals surface area (Å²) in [5, 5.41) is 2.61. The molecule has 0 aromatic carbocycles. The minimum Gasteiger partial charge on any atom is -0.396 e. The number of nitrogens with zero attached hydrogens (tertiary/aromatic N) is 2. The van der Waals surface area contributed by atoms with Gasteiger partial charge in [-0.05, 0) is 25.5 Å². The summed E-state index contributed by atoms with van der Waals surface area (Å²) in [5.74, 6) is 0.650. The smallest absolute Gasteiger partial charge is 0.239 e. The fourth-order valence-electron chi connectivity index (χ4n) is 1.59. The van der Waals surface area contributed by atoms with Crippen LogP contribution in [0.15, 0.2) is 12.1 Å². The van der Waals surface area contributed by atoms with E-state index in [9.17, 15) is 4.79 Å². The van der Waals surface area contributed by atoms with Crippen LogP contribution in [-0.2, 0) is 4.79 Å². The molecule has 1 rings (SSSR count). The highest BCUT2D eigenvalue weighted by Crippen LogP contribution is 2.20. The number of nitrogen functional groups attached to an aromatic ring is 1. The molecular weight excluding hydrogens is 216 g/mol. The molecule has 3 N–H and O–H groups in total. The van der Waals surface area contributed by atoms with Gasteiger partial charge in [-0.1, -0.05) is 6.92 Å². The first-order chi connectivity index (χ1) is 8.08. The number of nitrogens with one attached hydrogen (secondary N) is 1. The van der Waals surface area contributed by atoms with Crippen LogP contribution in [0.5, 0.6) is 0 Å². The molecule has 0 unspecified atom stereocenters. The first kappa shape index (κ1) is 13.3. The van der Waals surface area contributed by atoms with Crippen LogP contribution in [0, 0.1) is 6.92 Å². The van der Waals surface area contributed by atoms with E-state index in [1.807, 2.05) is 24.0 Å². The van der Waals surface area contributed by atoms with Crippen LogP contribution in [-0.4, -0.2) is 31.0 Å². The van der Waals surface area contributed by atoms with E-state index in [0.29, 0.717) is 11.5 Å². The summed E-state index contributed by atoms with van der Waals surface area (Å²) < 4.78 is 0. The number of hydrogen-bond acceptors (Lipinski definition) is 4. The first-order valence-electron chi connectivity index (χ1n) is 5.77. The van der Waals surface area contributed by atoms with Crippen molar-refractivity contribution in [2.45, 2.75) is 20.3 Å². The van der Waals surface area contributed by atoms with E-state index in [1.165, 1.54) is 0 Å². The van der Waals surface area contributed by atoms with Crippen molar-refractivity contribution >= 4 is 17.4 Å². The van der Waals surface area contributed by atoms with Crippen molar-refractivity contribution in [1.82, 2.24) is 10.3 Å². The Morgan fingerprint density at radius 2 is 2.24 bits per heavy atom. The molecule has 0 bridgehead atoms. The Balaban J connectivity index is 2.95. The van der Waals surface area contributed by atoms with Gasteiger partial charge in [0.15, 0.2) is 5.82 Å². The van der Waals surface area contributed by atoms with Gasteiger partial charge in [0.25, 0.3) is 0 Å². The van der Waals surface area contributed by atoms with Gasteiger partial charge in [0.05, 0.1) is 12.2 Å². The second-order valence-electron chi connectivity index (χ2n) is 3.96. The molecular formula is C12H20N4O. The number of carbonyl (C=O) groups excluding carboxylic acids is 1. The van der Waals surface area contributed by atoms with Crippen LogP contribution >= 0.6 is 0 Å². The summed E-state index contributed by atoms with van der Waals surface area (Å²) in [4.78, 5) is 17.7. The molecule has 94 valence electrons. The number of nitrogens with two attached hydrogens (primary N) is 1. The summed E-state index contributed by atoms with van der Waals surface area (Å²) in [6.45, 7) is 5.01. The third kappa shape index (κ3) is 3.62. The Hall–Kier alpha value is -1.78. The molecule has 0 saturated heterocycles. The molecule has 0 atom stereocenters. The Bertz CT molecular complexity index is 392. The average Bonchev–Trinajstić information content (AvgIpc) is 2.31. The number of amides is 1. The highest BCUT2D eigenvalue weighted by molar-refractivity contribution is 5.82. The minimum atomic E-state index is -0.0406. The van der Waals surface area contributed by atoms with E-state index in [4.69, 9.17) is 5.73 Å². The molecule has 1 aromatic rings. The van der Waals surface area contributed by atoms with Crippen LogP contribution in [0.2, 0.25) is 0 Å². The van der Waals surface area contributed by atoms with Crippen LogP contribution in [0.25, 0.3) is 0 Å². The lowest BCUT2D eigenvalue weighted by atomic mass is 10.3. The van der Waals surface area contributed by atoms with E-state index in [2.05, 4.69) is 17.2 Å². The van der Waals surface area contributed by atoms with Gasteiger partial charge < -0.3 is 16.0 Å². The predicted octanol–water partition coefficient (Wildman–Crippen LogP) is 0.935. The van der Waals surface area contributed by atoms with Crippen molar-refractivity contribution in [3.8, 4) is 0 Å². The maximum atomic E-state index is 11.4. The van der Waals surface area contributed by atoms with Gasteiger partial charge in [-0.3, -0.25) is 4.79 Å². The van der Waals surface area contributed by atoms with E-state index < -0.39 is 0 Å². The zero-order valence-corrected chi connectivity index (χ0v) is 10.7. The Labute approximate surface area is 102 Å². The van der Waals surface area contributed by atoms with Crippen LogP contribution in [0.4, 0.5) is 11.5 Å². The van der Waals surface area contributed by atoms with Gasteiger partial charge in [-0.25, -0.2) is 4.98 Å². The van der Waals surface area contributed by atoms with Gasteiger partial charge >= 0.3 is 0 Å². The molecule has 0 aliphatic carbocycles. The highest BCUT2D eigenvalue weighted by Gasteiger charge is 2.14. The average molecular weight is 236 g/mol. The summed E-state index contributed by atoms with van der Waals surface area (Å²) in [6, 6.07) is 3.69. The quantitative estimate of drug-likeness (QED) is 0.798. The highest BCUT2D eigenvalue weighted by atomic mass is 16.1. The second kappa shape index (κ2) is 6.08. The third-order valence-electron chi connectivity index (χ3n) is 2.45. The van der Waals surface area contributed by atoms with E-state index in [-0.39, 0.29) is 12.5 Å². The normalized spacial score (nSPS) is 10.1. The Morgan fingerprint density at radius 1 is 1.53 bits per heavy atom. The fraction of sp³-hybridized carbons (Fsp3) is 0.500. The summed E-state index contributed by atoms with van der Waals surface area (Å²) in [6.07, 6.45) is 0.937. The zero-order valence-electron chi connectivity index (χ0n) is 10.7. The number of hydrogen-bond donors (Lipinski definition) is 2. The summed E-state index contributed by atoms with van der Waals surface area (Å²) in [7, 11) is 1.62. The molecule has 0 spiro atoms. The number of likely N-dealkylation sites (N-methyl/N-ethyl adjacent to an activating group) is 1. The summed E-state index contributed by atoms with van der Waals surface area (Å²) >= 11 is 0. The molecule has 5 heteroatoms. The Morgan fingerprint density at radius 3 is 2.82 bits per heavy atom. The standard InChI is InChI=1S/C12H20N4O/c1-4-7-16(8-11(17)14-3)12-10(13)6-5-9(2)15-12/h5-6H,4,7-8,13H2,1-3H3,(H,14,17). The molecule has 0 radical (unpaired) electrons. The van der Waals surface area contributed by atoms with Crippen molar-refractivity contribution in [3.05, 3.63) is 17.8 Å². The van der Waals surface area contributed by atoms with Gasteiger partial charge in [-0.2, -0.15) is 0 Å². The van der Waals surface area contributed by atoms with E-state index >= 15 is 0 Å². The van der Waals surface area contributed by atoms with Crippen molar-refractivity contribution in [2.24, 2.45) is 0 Å². The number of carbonyl (C=O) groups is 1. The maximum Gasteiger partial charge on any atom is 0.239 e. The lowest BCUT2D eigenvalue weighted by molar-refractivity contribution is -0.119. The number of anilines is 2. The number of aromatic nitrogens is 1. The number of rotatable bonds is 5. The monoisotopic (exact) mass is 236 g/mol. The number of pyridine rings is 1. The van der Waals surface area contributed by atoms with E-state index in [0.717, 1.165) is 18.7 Å². The van der Waals surface area contributed by atoms with Crippen molar-refractivity contribution in [2.75, 3.05) is 30.8 Å². The fourth-order valence-corrected chi connectivity index (χ4v) is 1.59. The van der Waals surface area contributed by atoms with Gasteiger partial charge in [0.2, 0.25) is 5.91 Å². The Kier molecular flexibility index (Phi) is 4.75. The molecule has 0 saturated carbocycles. The molecule has 0 aliphatic rings. The van der Waals surface area contributed by atoms with Crippen LogP contribution in [0.3, 0.4) is 0 Å². The molecule has 0 aliphatic heterocycles. The molecule has 17 heavy (non-hydrogen) atoms. The second-order valence-corrected chi connectivity index (χ2v) is 3.96. The van der Waals surface area contributed by atoms with Crippen LogP contribution < -0.4 is 16.0 Å². The third-order valence-corrected chi connectivity index (χ3v) is 2.45. The first-order valence-corrected chi connectivity index (χ1v) is 5.77. The predicted molar refractivity (Wildman–Crippen MR) is 70.0 cm³/mol. The molecule has 5 nitrogen and oxygen atoms in total. The summed E-state index contributed by atoms with van der Waals surface area (Å²) in [5.41, 5.74) is 7.40. The SMILES string of the molecule is CCCN(CC(=O)NC)c1nc(C)ccc1N. The minimum absolute atomic E-state index is 0.0406. The molecule has 1 heterocycles. The van der Waals surface area contributed by atoms with Crippen LogP contribution in [0.1, 0.15) is 19.0 Å². The van der Waals surface area contributed by atoms with Gasteiger partial charge in [0.1, 0.15) is 0 Å². The maximum absolute atomic E-state index is 11.4. The topological polar surface area (TPSA) is 71.2 Å². The lowest BCUT2D eigenvalue weighted by Gasteiger charge is -2.23. The molecule has 1 aromatic heterocycles.